The van der Waals surface area contributed by atoms with E-state index in [2.05, 4.69) is 17.9 Å². The molecule has 1 N–H and O–H groups in total. The maximum atomic E-state index is 10.6. The van der Waals surface area contributed by atoms with Crippen LogP contribution in [0.2, 0.25) is 0 Å². The quantitative estimate of drug-likeness (QED) is 0.914. The average molecular weight is 277 g/mol. The van der Waals surface area contributed by atoms with Crippen LogP contribution in [0.25, 0.3) is 0 Å². The first-order valence-electron chi connectivity index (χ1n) is 7.51. The van der Waals surface area contributed by atoms with Crippen molar-refractivity contribution in [3.8, 4) is 5.75 Å². The van der Waals surface area contributed by atoms with E-state index >= 15 is 0 Å². The van der Waals surface area contributed by atoms with Crippen molar-refractivity contribution in [1.29, 1.82) is 0 Å². The lowest BCUT2D eigenvalue weighted by Gasteiger charge is -2.35. The molecule has 1 aromatic carbocycles. The van der Waals surface area contributed by atoms with Gasteiger partial charge in [0.2, 0.25) is 0 Å². The van der Waals surface area contributed by atoms with Crippen molar-refractivity contribution in [1.82, 2.24) is 4.90 Å². The molecule has 4 heteroatoms. The maximum Gasteiger partial charge on any atom is 0.122 e. The van der Waals surface area contributed by atoms with Crippen LogP contribution in [0.15, 0.2) is 18.2 Å². The molecule has 4 nitrogen and oxygen atoms in total. The highest BCUT2D eigenvalue weighted by atomic mass is 16.5. The zero-order chi connectivity index (χ0) is 13.9. The number of hydrogen-bond acceptors (Lipinski definition) is 4. The van der Waals surface area contributed by atoms with Gasteiger partial charge >= 0.3 is 0 Å². The van der Waals surface area contributed by atoms with E-state index in [1.807, 2.05) is 12.1 Å². The number of hydrogen-bond donors (Lipinski definition) is 1. The van der Waals surface area contributed by atoms with Gasteiger partial charge in [0.25, 0.3) is 0 Å². The standard InChI is InChI=1S/C16H23NO3/c1-12(17-6-9-19-10-7-17)16(18)14-4-5-15-13(11-14)3-2-8-20-15/h4-5,11-12,16,18H,2-3,6-10H2,1H3/t12-,16+/m0/s1. The number of aryl methyl sites for hydroxylation is 1. The van der Waals surface area contributed by atoms with Crippen LogP contribution in [0.4, 0.5) is 0 Å². The number of morpholine rings is 1. The third-order valence-electron chi connectivity index (χ3n) is 4.35. The highest BCUT2D eigenvalue weighted by molar-refractivity contribution is 5.39. The first kappa shape index (κ1) is 13.9. The molecule has 0 spiro atoms. The minimum atomic E-state index is -0.458. The van der Waals surface area contributed by atoms with Crippen LogP contribution in [0.3, 0.4) is 0 Å². The molecule has 0 bridgehead atoms. The molecule has 110 valence electrons. The SMILES string of the molecule is C[C@@H]([C@@H](O)c1ccc2c(c1)CCCO2)N1CCOCC1. The molecule has 0 amide bonds. The van der Waals surface area contributed by atoms with E-state index in [0.717, 1.165) is 57.1 Å². The predicted molar refractivity (Wildman–Crippen MR) is 77.1 cm³/mol. The zero-order valence-corrected chi connectivity index (χ0v) is 12.0. The van der Waals surface area contributed by atoms with Gasteiger partial charge < -0.3 is 14.6 Å². The fourth-order valence-electron chi connectivity index (χ4n) is 3.03. The highest BCUT2D eigenvalue weighted by Gasteiger charge is 2.25. The summed E-state index contributed by atoms with van der Waals surface area (Å²) < 4.78 is 11.0. The Balaban J connectivity index is 1.74. The number of fused-ring (bicyclic) bond motifs is 1. The smallest absolute Gasteiger partial charge is 0.122 e. The molecule has 1 saturated heterocycles. The van der Waals surface area contributed by atoms with Crippen LogP contribution in [0.1, 0.15) is 30.6 Å². The summed E-state index contributed by atoms with van der Waals surface area (Å²) in [6, 6.07) is 6.21. The Morgan fingerprint density at radius 1 is 1.20 bits per heavy atom. The summed E-state index contributed by atoms with van der Waals surface area (Å²) >= 11 is 0. The van der Waals surface area contributed by atoms with Crippen molar-refractivity contribution < 1.29 is 14.6 Å². The topological polar surface area (TPSA) is 41.9 Å². The van der Waals surface area contributed by atoms with Crippen molar-refractivity contribution in [2.75, 3.05) is 32.9 Å². The summed E-state index contributed by atoms with van der Waals surface area (Å²) in [6.45, 7) is 6.20. The first-order chi connectivity index (χ1) is 9.75. The van der Waals surface area contributed by atoms with Gasteiger partial charge in [-0.3, -0.25) is 4.90 Å². The van der Waals surface area contributed by atoms with E-state index in [-0.39, 0.29) is 6.04 Å². The fraction of sp³-hybridized carbons (Fsp3) is 0.625. The van der Waals surface area contributed by atoms with Crippen molar-refractivity contribution in [2.45, 2.75) is 31.9 Å². The van der Waals surface area contributed by atoms with Gasteiger partial charge in [-0.2, -0.15) is 0 Å². The molecule has 0 unspecified atom stereocenters. The Kier molecular flexibility index (Phi) is 4.24. The molecule has 2 aliphatic rings. The molecule has 0 saturated carbocycles. The lowest BCUT2D eigenvalue weighted by atomic mass is 9.97. The molecular formula is C16H23NO3. The minimum absolute atomic E-state index is 0.112. The summed E-state index contributed by atoms with van der Waals surface area (Å²) in [5.41, 5.74) is 2.22. The number of aliphatic hydroxyl groups is 1. The molecular weight excluding hydrogens is 254 g/mol. The minimum Gasteiger partial charge on any atom is -0.493 e. The lowest BCUT2D eigenvalue weighted by molar-refractivity contribution is -0.0166. The third-order valence-corrected chi connectivity index (χ3v) is 4.35. The Morgan fingerprint density at radius 2 is 2.00 bits per heavy atom. The van der Waals surface area contributed by atoms with Crippen LogP contribution < -0.4 is 4.74 Å². The molecule has 2 heterocycles. The highest BCUT2D eigenvalue weighted by Crippen LogP contribution is 2.30. The molecule has 3 rings (SSSR count). The molecule has 2 atom stereocenters. The molecule has 1 aromatic rings. The number of ether oxygens (including phenoxy) is 2. The normalized spacial score (nSPS) is 22.7. The Bertz CT molecular complexity index is 457. The number of benzene rings is 1. The molecule has 20 heavy (non-hydrogen) atoms. The van der Waals surface area contributed by atoms with Gasteiger partial charge in [0.05, 0.1) is 25.9 Å². The van der Waals surface area contributed by atoms with Crippen LogP contribution in [-0.4, -0.2) is 49.0 Å². The number of rotatable bonds is 3. The second-order valence-electron chi connectivity index (χ2n) is 5.65. The second-order valence-corrected chi connectivity index (χ2v) is 5.65. The Morgan fingerprint density at radius 3 is 2.80 bits per heavy atom. The summed E-state index contributed by atoms with van der Waals surface area (Å²) in [7, 11) is 0. The predicted octanol–water partition coefficient (Wildman–Crippen LogP) is 1.77. The van der Waals surface area contributed by atoms with Crippen molar-refractivity contribution in [3.05, 3.63) is 29.3 Å². The van der Waals surface area contributed by atoms with Crippen molar-refractivity contribution in [3.63, 3.8) is 0 Å². The average Bonchev–Trinajstić information content (AvgIpc) is 2.54. The first-order valence-corrected chi connectivity index (χ1v) is 7.51. The Labute approximate surface area is 120 Å². The van der Waals surface area contributed by atoms with Gasteiger partial charge in [0, 0.05) is 19.1 Å². The molecule has 0 aliphatic carbocycles. The van der Waals surface area contributed by atoms with Crippen LogP contribution >= 0.6 is 0 Å². The van der Waals surface area contributed by atoms with E-state index in [4.69, 9.17) is 9.47 Å². The van der Waals surface area contributed by atoms with Crippen LogP contribution in [0.5, 0.6) is 5.75 Å². The van der Waals surface area contributed by atoms with Gasteiger partial charge in [0.1, 0.15) is 5.75 Å². The lowest BCUT2D eigenvalue weighted by Crippen LogP contribution is -2.44. The van der Waals surface area contributed by atoms with E-state index in [1.165, 1.54) is 5.56 Å². The molecule has 2 aliphatic heterocycles. The zero-order valence-electron chi connectivity index (χ0n) is 12.0. The van der Waals surface area contributed by atoms with E-state index in [1.54, 1.807) is 0 Å². The van der Waals surface area contributed by atoms with Gasteiger partial charge in [0.15, 0.2) is 0 Å². The summed E-state index contributed by atoms with van der Waals surface area (Å²) in [5.74, 6) is 0.978. The second kappa shape index (κ2) is 6.12. The third kappa shape index (κ3) is 2.82. The van der Waals surface area contributed by atoms with Gasteiger partial charge in [-0.15, -0.1) is 0 Å². The molecule has 1 fully saturated rings. The van der Waals surface area contributed by atoms with Gasteiger partial charge in [-0.1, -0.05) is 6.07 Å². The molecule has 0 aromatic heterocycles. The van der Waals surface area contributed by atoms with Crippen molar-refractivity contribution >= 4 is 0 Å². The largest absolute Gasteiger partial charge is 0.493 e. The summed E-state index contributed by atoms with van der Waals surface area (Å²) in [5, 5.41) is 10.6. The fourth-order valence-corrected chi connectivity index (χ4v) is 3.03. The van der Waals surface area contributed by atoms with E-state index < -0.39 is 6.10 Å². The number of aliphatic hydroxyl groups excluding tert-OH is 1. The summed E-state index contributed by atoms with van der Waals surface area (Å²) in [4.78, 5) is 2.30. The number of nitrogens with zero attached hydrogens (tertiary/aromatic N) is 1. The van der Waals surface area contributed by atoms with Gasteiger partial charge in [-0.05, 0) is 43.0 Å². The van der Waals surface area contributed by atoms with Crippen LogP contribution in [0, 0.1) is 0 Å². The van der Waals surface area contributed by atoms with Crippen molar-refractivity contribution in [2.24, 2.45) is 0 Å². The Hall–Kier alpha value is -1.10. The summed E-state index contributed by atoms with van der Waals surface area (Å²) in [6.07, 6.45) is 1.65. The van der Waals surface area contributed by atoms with Gasteiger partial charge in [-0.25, -0.2) is 0 Å². The van der Waals surface area contributed by atoms with E-state index in [0.29, 0.717) is 0 Å². The van der Waals surface area contributed by atoms with E-state index in [9.17, 15) is 5.11 Å². The monoisotopic (exact) mass is 277 g/mol. The van der Waals surface area contributed by atoms with Crippen LogP contribution in [-0.2, 0) is 11.2 Å². The molecule has 0 radical (unpaired) electrons. The maximum absolute atomic E-state index is 10.6.